The number of rotatable bonds is 4. The third kappa shape index (κ3) is 4.23. The minimum absolute atomic E-state index is 0.158. The molecule has 1 N–H and O–H groups in total. The SMILES string of the molecule is Cc1cccc(NC(=O)[C@@H](C)Oc2ccc(I)cc2)c1. The second-order valence-corrected chi connectivity index (χ2v) is 5.82. The summed E-state index contributed by atoms with van der Waals surface area (Å²) in [7, 11) is 0. The van der Waals surface area contributed by atoms with Gasteiger partial charge in [-0.25, -0.2) is 0 Å². The van der Waals surface area contributed by atoms with Crippen molar-refractivity contribution in [1.29, 1.82) is 0 Å². The van der Waals surface area contributed by atoms with Crippen LogP contribution >= 0.6 is 22.6 Å². The van der Waals surface area contributed by atoms with E-state index < -0.39 is 6.10 Å². The molecular weight excluding hydrogens is 365 g/mol. The van der Waals surface area contributed by atoms with Crippen molar-refractivity contribution in [3.8, 4) is 5.75 Å². The maximum Gasteiger partial charge on any atom is 0.265 e. The van der Waals surface area contributed by atoms with Crippen LogP contribution < -0.4 is 10.1 Å². The number of ether oxygens (including phenoxy) is 1. The number of carbonyl (C=O) groups excluding carboxylic acids is 1. The zero-order chi connectivity index (χ0) is 14.5. The third-order valence-electron chi connectivity index (χ3n) is 2.78. The number of hydrogen-bond acceptors (Lipinski definition) is 2. The average Bonchev–Trinajstić information content (AvgIpc) is 2.41. The molecule has 20 heavy (non-hydrogen) atoms. The van der Waals surface area contributed by atoms with Crippen LogP contribution in [0, 0.1) is 10.5 Å². The lowest BCUT2D eigenvalue weighted by Gasteiger charge is -2.15. The van der Waals surface area contributed by atoms with Crippen LogP contribution in [0.4, 0.5) is 5.69 Å². The highest BCUT2D eigenvalue weighted by Gasteiger charge is 2.14. The predicted octanol–water partition coefficient (Wildman–Crippen LogP) is 4.01. The molecule has 104 valence electrons. The van der Waals surface area contributed by atoms with Crippen LogP contribution in [0.5, 0.6) is 5.75 Å². The van der Waals surface area contributed by atoms with Gasteiger partial charge in [0, 0.05) is 9.26 Å². The largest absolute Gasteiger partial charge is 0.481 e. The van der Waals surface area contributed by atoms with Gasteiger partial charge in [-0.3, -0.25) is 4.79 Å². The highest BCUT2D eigenvalue weighted by atomic mass is 127. The first-order chi connectivity index (χ1) is 9.54. The van der Waals surface area contributed by atoms with E-state index in [4.69, 9.17) is 4.74 Å². The normalized spacial score (nSPS) is 11.8. The van der Waals surface area contributed by atoms with E-state index in [1.807, 2.05) is 55.5 Å². The first-order valence-corrected chi connectivity index (χ1v) is 7.42. The number of nitrogens with one attached hydrogen (secondary N) is 1. The Morgan fingerprint density at radius 3 is 2.55 bits per heavy atom. The minimum atomic E-state index is -0.546. The molecule has 0 radical (unpaired) electrons. The molecule has 0 heterocycles. The van der Waals surface area contributed by atoms with Crippen molar-refractivity contribution in [2.75, 3.05) is 5.32 Å². The summed E-state index contributed by atoms with van der Waals surface area (Å²) >= 11 is 2.23. The van der Waals surface area contributed by atoms with Crippen molar-refractivity contribution >= 4 is 34.2 Å². The predicted molar refractivity (Wildman–Crippen MR) is 89.1 cm³/mol. The molecule has 2 rings (SSSR count). The maximum absolute atomic E-state index is 12.1. The quantitative estimate of drug-likeness (QED) is 0.813. The third-order valence-corrected chi connectivity index (χ3v) is 3.50. The lowest BCUT2D eigenvalue weighted by atomic mass is 10.2. The summed E-state index contributed by atoms with van der Waals surface area (Å²) in [5, 5.41) is 2.85. The molecule has 0 aliphatic heterocycles. The van der Waals surface area contributed by atoms with E-state index in [1.54, 1.807) is 6.92 Å². The molecule has 0 aliphatic rings. The van der Waals surface area contributed by atoms with Gasteiger partial charge in [0.2, 0.25) is 0 Å². The van der Waals surface area contributed by atoms with Crippen molar-refractivity contribution < 1.29 is 9.53 Å². The van der Waals surface area contributed by atoms with Gasteiger partial charge in [-0.05, 0) is 78.4 Å². The van der Waals surface area contributed by atoms with Gasteiger partial charge in [-0.1, -0.05) is 12.1 Å². The number of benzene rings is 2. The Hall–Kier alpha value is -1.56. The molecule has 2 aromatic rings. The minimum Gasteiger partial charge on any atom is -0.481 e. The molecule has 0 saturated carbocycles. The molecule has 1 atom stereocenters. The van der Waals surface area contributed by atoms with Crippen molar-refractivity contribution in [2.24, 2.45) is 0 Å². The summed E-state index contributed by atoms with van der Waals surface area (Å²) in [5.41, 5.74) is 1.89. The van der Waals surface area contributed by atoms with Crippen LogP contribution in [0.25, 0.3) is 0 Å². The molecule has 1 amide bonds. The molecule has 2 aromatic carbocycles. The number of hydrogen-bond donors (Lipinski definition) is 1. The summed E-state index contributed by atoms with van der Waals surface area (Å²) < 4.78 is 6.75. The Bertz CT molecular complexity index is 596. The topological polar surface area (TPSA) is 38.3 Å². The summed E-state index contributed by atoms with van der Waals surface area (Å²) in [5.74, 6) is 0.534. The summed E-state index contributed by atoms with van der Waals surface area (Å²) in [6.45, 7) is 3.73. The summed E-state index contributed by atoms with van der Waals surface area (Å²) in [6, 6.07) is 15.3. The molecule has 0 bridgehead atoms. The van der Waals surface area contributed by atoms with Gasteiger partial charge in [0.15, 0.2) is 6.10 Å². The van der Waals surface area contributed by atoms with E-state index in [2.05, 4.69) is 27.9 Å². The van der Waals surface area contributed by atoms with Crippen LogP contribution in [-0.4, -0.2) is 12.0 Å². The fourth-order valence-corrected chi connectivity index (χ4v) is 2.10. The van der Waals surface area contributed by atoms with Gasteiger partial charge < -0.3 is 10.1 Å². The van der Waals surface area contributed by atoms with Gasteiger partial charge in [0.05, 0.1) is 0 Å². The van der Waals surface area contributed by atoms with Gasteiger partial charge in [-0.2, -0.15) is 0 Å². The van der Waals surface area contributed by atoms with Gasteiger partial charge in [-0.15, -0.1) is 0 Å². The smallest absolute Gasteiger partial charge is 0.265 e. The van der Waals surface area contributed by atoms with E-state index in [-0.39, 0.29) is 5.91 Å². The second-order valence-electron chi connectivity index (χ2n) is 4.57. The Morgan fingerprint density at radius 1 is 1.20 bits per heavy atom. The molecule has 4 heteroatoms. The number of halogens is 1. The molecule has 0 unspecified atom stereocenters. The van der Waals surface area contributed by atoms with Gasteiger partial charge >= 0.3 is 0 Å². The van der Waals surface area contributed by atoms with Crippen molar-refractivity contribution in [3.63, 3.8) is 0 Å². The fourth-order valence-electron chi connectivity index (χ4n) is 1.74. The number of amides is 1. The van der Waals surface area contributed by atoms with Crippen molar-refractivity contribution in [1.82, 2.24) is 0 Å². The summed E-state index contributed by atoms with van der Waals surface area (Å²) in [6.07, 6.45) is -0.546. The highest BCUT2D eigenvalue weighted by Crippen LogP contribution is 2.16. The number of anilines is 1. The Morgan fingerprint density at radius 2 is 1.90 bits per heavy atom. The molecule has 0 saturated heterocycles. The molecular formula is C16H16INO2. The van der Waals surface area contributed by atoms with E-state index in [0.717, 1.165) is 14.8 Å². The molecule has 0 aromatic heterocycles. The molecule has 0 aliphatic carbocycles. The Labute approximate surface area is 132 Å². The number of aryl methyl sites for hydroxylation is 1. The van der Waals surface area contributed by atoms with Crippen LogP contribution in [0.1, 0.15) is 12.5 Å². The molecule has 3 nitrogen and oxygen atoms in total. The summed E-state index contributed by atoms with van der Waals surface area (Å²) in [4.78, 5) is 12.1. The average molecular weight is 381 g/mol. The zero-order valence-corrected chi connectivity index (χ0v) is 13.5. The lowest BCUT2D eigenvalue weighted by Crippen LogP contribution is -2.30. The van der Waals surface area contributed by atoms with E-state index >= 15 is 0 Å². The van der Waals surface area contributed by atoms with Crippen LogP contribution in [0.2, 0.25) is 0 Å². The maximum atomic E-state index is 12.1. The van der Waals surface area contributed by atoms with E-state index in [0.29, 0.717) is 5.75 Å². The number of carbonyl (C=O) groups is 1. The van der Waals surface area contributed by atoms with Crippen LogP contribution in [-0.2, 0) is 4.79 Å². The van der Waals surface area contributed by atoms with Gasteiger partial charge in [0.1, 0.15) is 5.75 Å². The first kappa shape index (κ1) is 14.8. The molecule has 0 spiro atoms. The van der Waals surface area contributed by atoms with Crippen LogP contribution in [0.15, 0.2) is 48.5 Å². The van der Waals surface area contributed by atoms with E-state index in [1.165, 1.54) is 0 Å². The fraction of sp³-hybridized carbons (Fsp3) is 0.188. The highest BCUT2D eigenvalue weighted by molar-refractivity contribution is 14.1. The Kier molecular flexibility index (Phi) is 5.00. The zero-order valence-electron chi connectivity index (χ0n) is 11.4. The standard InChI is InChI=1S/C16H16INO2/c1-11-4-3-5-14(10-11)18-16(19)12(2)20-15-8-6-13(17)7-9-15/h3-10,12H,1-2H3,(H,18,19)/t12-/m1/s1. The van der Waals surface area contributed by atoms with Crippen LogP contribution in [0.3, 0.4) is 0 Å². The second kappa shape index (κ2) is 6.74. The monoisotopic (exact) mass is 381 g/mol. The Balaban J connectivity index is 1.96. The van der Waals surface area contributed by atoms with E-state index in [9.17, 15) is 4.79 Å². The molecule has 0 fully saturated rings. The van der Waals surface area contributed by atoms with Gasteiger partial charge in [0.25, 0.3) is 5.91 Å². The van der Waals surface area contributed by atoms with Crippen molar-refractivity contribution in [2.45, 2.75) is 20.0 Å². The van der Waals surface area contributed by atoms with Crippen molar-refractivity contribution in [3.05, 3.63) is 57.7 Å². The first-order valence-electron chi connectivity index (χ1n) is 6.34. The lowest BCUT2D eigenvalue weighted by molar-refractivity contribution is -0.122.